The fourth-order valence-corrected chi connectivity index (χ4v) is 3.06. The van der Waals surface area contributed by atoms with Crippen LogP contribution in [-0.2, 0) is 20.8 Å². The Balaban J connectivity index is 2.97. The number of sulfonamides is 1. The molecule has 0 fully saturated rings. The number of hydrogen-bond acceptors (Lipinski definition) is 4. The van der Waals surface area contributed by atoms with Crippen molar-refractivity contribution in [3.63, 3.8) is 0 Å². The molecule has 0 aromatic heterocycles. The molecule has 0 aliphatic carbocycles. The molecule has 19 heavy (non-hydrogen) atoms. The Labute approximate surface area is 116 Å². The highest BCUT2D eigenvalue weighted by Gasteiger charge is 2.16. The summed E-state index contributed by atoms with van der Waals surface area (Å²) in [5.41, 5.74) is 5.68. The van der Waals surface area contributed by atoms with Gasteiger partial charge in [0.25, 0.3) is 0 Å². The van der Waals surface area contributed by atoms with Crippen LogP contribution < -0.4 is 10.5 Å². The second kappa shape index (κ2) is 7.40. The summed E-state index contributed by atoms with van der Waals surface area (Å²) < 4.78 is 37.5. The maximum atomic E-state index is 12.1. The Morgan fingerprint density at radius 3 is 2.68 bits per heavy atom. The summed E-state index contributed by atoms with van der Waals surface area (Å²) in [6.07, 6.45) is 1.52. The second-order valence-electron chi connectivity index (χ2n) is 3.68. The number of rotatable bonds is 5. The van der Waals surface area contributed by atoms with E-state index in [9.17, 15) is 12.6 Å². The highest BCUT2D eigenvalue weighted by Crippen LogP contribution is 2.13. The number of nitrogens with two attached hydrogens (primary N) is 1. The van der Waals surface area contributed by atoms with E-state index in [1.165, 1.54) is 12.3 Å². The van der Waals surface area contributed by atoms with Gasteiger partial charge in [0.1, 0.15) is 0 Å². The first-order chi connectivity index (χ1) is 8.97. The van der Waals surface area contributed by atoms with E-state index in [-0.39, 0.29) is 23.7 Å². The smallest absolute Gasteiger partial charge is 0.241 e. The lowest BCUT2D eigenvalue weighted by molar-refractivity contribution is 0.584. The summed E-state index contributed by atoms with van der Waals surface area (Å²) in [7, 11) is -4.68. The van der Waals surface area contributed by atoms with Gasteiger partial charge in [0, 0.05) is 34.9 Å². The van der Waals surface area contributed by atoms with E-state index in [2.05, 4.69) is 16.6 Å². The van der Waals surface area contributed by atoms with Crippen molar-refractivity contribution in [1.82, 2.24) is 4.72 Å². The number of benzene rings is 1. The molecule has 0 saturated carbocycles. The zero-order chi connectivity index (χ0) is 14.3. The summed E-state index contributed by atoms with van der Waals surface area (Å²) >= 11 is 0. The molecule has 1 rings (SSSR count). The molecule has 5 nitrogen and oxygen atoms in total. The monoisotopic (exact) mass is 300 g/mol. The maximum Gasteiger partial charge on any atom is 0.241 e. The van der Waals surface area contributed by atoms with Crippen molar-refractivity contribution in [2.45, 2.75) is 4.90 Å². The first kappa shape index (κ1) is 15.9. The highest BCUT2D eigenvalue weighted by molar-refractivity contribution is 7.89. The van der Waals surface area contributed by atoms with Gasteiger partial charge in [-0.05, 0) is 12.1 Å². The molecule has 0 bridgehead atoms. The van der Waals surface area contributed by atoms with Crippen LogP contribution in [0.4, 0.5) is 0 Å². The summed E-state index contributed by atoms with van der Waals surface area (Å²) in [5.74, 6) is 5.63. The predicted molar refractivity (Wildman–Crippen MR) is 76.5 cm³/mol. The van der Waals surface area contributed by atoms with Gasteiger partial charge in [-0.1, -0.05) is 24.0 Å². The summed E-state index contributed by atoms with van der Waals surface area (Å²) in [4.78, 5) is 0.109. The molecule has 0 radical (unpaired) electrons. The standard InChI is InChI=1S/C12H16N2O3S2/c1-18(15)10-9-14-19(16,17)12-7-3-2-5-11(12)6-4-8-13/h2-3,5,7,14H,8-10,13H2,1H3. The van der Waals surface area contributed by atoms with Crippen LogP contribution in [0.5, 0.6) is 0 Å². The lowest BCUT2D eigenvalue weighted by atomic mass is 10.2. The van der Waals surface area contributed by atoms with E-state index < -0.39 is 20.8 Å². The average molecular weight is 300 g/mol. The first-order valence-corrected chi connectivity index (χ1v) is 8.76. The van der Waals surface area contributed by atoms with Gasteiger partial charge in [-0.25, -0.2) is 13.1 Å². The molecule has 1 aromatic rings. The van der Waals surface area contributed by atoms with Gasteiger partial charge in [0.05, 0.1) is 11.4 Å². The average Bonchev–Trinajstić information content (AvgIpc) is 2.36. The quantitative estimate of drug-likeness (QED) is 0.728. The van der Waals surface area contributed by atoms with Crippen molar-refractivity contribution in [1.29, 1.82) is 0 Å². The van der Waals surface area contributed by atoms with Crippen molar-refractivity contribution in [3.8, 4) is 11.8 Å². The van der Waals surface area contributed by atoms with E-state index >= 15 is 0 Å². The minimum absolute atomic E-state index is 0.109. The summed E-state index contributed by atoms with van der Waals surface area (Å²) in [6.45, 7) is 0.292. The normalized spacial score (nSPS) is 12.5. The third kappa shape index (κ3) is 5.12. The van der Waals surface area contributed by atoms with E-state index in [1.807, 2.05) is 0 Å². The minimum atomic E-state index is -3.64. The van der Waals surface area contributed by atoms with Crippen LogP contribution in [0.25, 0.3) is 0 Å². The Bertz CT molecular complexity index is 615. The minimum Gasteiger partial charge on any atom is -0.320 e. The first-order valence-electron chi connectivity index (χ1n) is 5.55. The van der Waals surface area contributed by atoms with E-state index in [0.29, 0.717) is 5.56 Å². The summed E-state index contributed by atoms with van der Waals surface area (Å²) in [6, 6.07) is 6.43. The van der Waals surface area contributed by atoms with Crippen LogP contribution in [0, 0.1) is 11.8 Å². The van der Waals surface area contributed by atoms with Crippen molar-refractivity contribution in [2.24, 2.45) is 5.73 Å². The maximum absolute atomic E-state index is 12.1. The molecule has 104 valence electrons. The van der Waals surface area contributed by atoms with Crippen molar-refractivity contribution in [2.75, 3.05) is 25.1 Å². The van der Waals surface area contributed by atoms with Crippen molar-refractivity contribution >= 4 is 20.8 Å². The fraction of sp³-hybridized carbons (Fsp3) is 0.333. The lowest BCUT2D eigenvalue weighted by Gasteiger charge is -2.07. The van der Waals surface area contributed by atoms with Gasteiger partial charge in [-0.2, -0.15) is 0 Å². The molecule has 0 aliphatic heterocycles. The molecule has 0 heterocycles. The molecule has 1 unspecified atom stereocenters. The topological polar surface area (TPSA) is 89.3 Å². The number of hydrogen-bond donors (Lipinski definition) is 2. The van der Waals surface area contributed by atoms with Gasteiger partial charge in [0.2, 0.25) is 10.0 Å². The predicted octanol–water partition coefficient (Wildman–Crippen LogP) is -0.346. The van der Waals surface area contributed by atoms with Gasteiger partial charge in [0.15, 0.2) is 0 Å². The largest absolute Gasteiger partial charge is 0.320 e. The zero-order valence-corrected chi connectivity index (χ0v) is 12.2. The third-order valence-electron chi connectivity index (χ3n) is 2.18. The van der Waals surface area contributed by atoms with Gasteiger partial charge in [-0.15, -0.1) is 0 Å². The Morgan fingerprint density at radius 2 is 2.05 bits per heavy atom. The molecule has 7 heteroatoms. The Hall–Kier alpha value is -1.20. The van der Waals surface area contributed by atoms with Crippen molar-refractivity contribution < 1.29 is 12.6 Å². The van der Waals surface area contributed by atoms with E-state index in [0.717, 1.165) is 0 Å². The van der Waals surface area contributed by atoms with E-state index in [4.69, 9.17) is 5.73 Å². The molecule has 0 spiro atoms. The van der Waals surface area contributed by atoms with Crippen LogP contribution in [0.2, 0.25) is 0 Å². The molecule has 0 aliphatic rings. The molecule has 0 saturated heterocycles. The Morgan fingerprint density at radius 1 is 1.37 bits per heavy atom. The van der Waals surface area contributed by atoms with E-state index in [1.54, 1.807) is 18.2 Å². The molecular formula is C12H16N2O3S2. The molecular weight excluding hydrogens is 284 g/mol. The van der Waals surface area contributed by atoms with Gasteiger partial charge < -0.3 is 5.73 Å². The van der Waals surface area contributed by atoms with Gasteiger partial charge in [-0.3, -0.25) is 4.21 Å². The van der Waals surface area contributed by atoms with Crippen molar-refractivity contribution in [3.05, 3.63) is 29.8 Å². The van der Waals surface area contributed by atoms with Crippen LogP contribution in [0.15, 0.2) is 29.2 Å². The third-order valence-corrected chi connectivity index (χ3v) is 4.48. The summed E-state index contributed by atoms with van der Waals surface area (Å²) in [5, 5.41) is 0. The molecule has 3 N–H and O–H groups in total. The highest BCUT2D eigenvalue weighted by atomic mass is 32.2. The Kier molecular flexibility index (Phi) is 6.18. The second-order valence-corrected chi connectivity index (χ2v) is 6.97. The zero-order valence-electron chi connectivity index (χ0n) is 10.5. The fourth-order valence-electron chi connectivity index (χ4n) is 1.35. The van der Waals surface area contributed by atoms with Crippen LogP contribution in [0.1, 0.15) is 5.56 Å². The lowest BCUT2D eigenvalue weighted by Crippen LogP contribution is -2.28. The molecule has 0 amide bonds. The molecule has 1 atom stereocenters. The SMILES string of the molecule is CS(=O)CCNS(=O)(=O)c1ccccc1C#CCN. The number of nitrogens with one attached hydrogen (secondary N) is 1. The molecule has 1 aromatic carbocycles. The van der Waals surface area contributed by atoms with Crippen LogP contribution >= 0.6 is 0 Å². The van der Waals surface area contributed by atoms with Crippen LogP contribution in [-0.4, -0.2) is 37.7 Å². The van der Waals surface area contributed by atoms with Crippen LogP contribution in [0.3, 0.4) is 0 Å². The van der Waals surface area contributed by atoms with Gasteiger partial charge >= 0.3 is 0 Å².